The van der Waals surface area contributed by atoms with Crippen LogP contribution in [0.2, 0.25) is 0 Å². The zero-order valence-corrected chi connectivity index (χ0v) is 17.0. The van der Waals surface area contributed by atoms with E-state index in [9.17, 15) is 9.59 Å². The van der Waals surface area contributed by atoms with E-state index in [-0.39, 0.29) is 17.1 Å². The number of primary amides is 1. The maximum absolute atomic E-state index is 12.8. The van der Waals surface area contributed by atoms with E-state index in [1.165, 1.54) is 5.56 Å². The molecule has 0 aromatic heterocycles. The molecule has 2 aromatic rings. The number of benzene rings is 2. The summed E-state index contributed by atoms with van der Waals surface area (Å²) in [4.78, 5) is 28.3. The van der Waals surface area contributed by atoms with E-state index in [4.69, 9.17) is 5.73 Å². The summed E-state index contributed by atoms with van der Waals surface area (Å²) < 4.78 is 0. The van der Waals surface area contributed by atoms with Crippen molar-refractivity contribution in [2.75, 3.05) is 25.5 Å². The number of rotatable bonds is 4. The van der Waals surface area contributed by atoms with Crippen LogP contribution in [0, 0.1) is 0 Å². The average molecular weight is 393 g/mol. The van der Waals surface area contributed by atoms with Crippen LogP contribution in [0.25, 0.3) is 0 Å². The largest absolute Gasteiger partial charge is 0.366 e. The van der Waals surface area contributed by atoms with E-state index in [0.29, 0.717) is 17.8 Å². The summed E-state index contributed by atoms with van der Waals surface area (Å²) in [5, 5.41) is 3.25. The molecular formula is C23H28N4O2. The Bertz CT molecular complexity index is 917. The molecule has 2 aliphatic rings. The van der Waals surface area contributed by atoms with Crippen molar-refractivity contribution in [1.29, 1.82) is 0 Å². The molecule has 1 aliphatic heterocycles. The van der Waals surface area contributed by atoms with Gasteiger partial charge in [-0.3, -0.25) is 14.6 Å². The second kappa shape index (κ2) is 7.19. The Morgan fingerprint density at radius 1 is 1.03 bits per heavy atom. The summed E-state index contributed by atoms with van der Waals surface area (Å²) in [5.41, 5.74) is 7.60. The molecule has 1 saturated heterocycles. The standard InChI is InChI=1S/C23H28N4O2/c1-26(2)23(18-8-4-3-5-9-18)13-11-22(12-14-23)16-27(21(29)25-22)19-10-6-7-17(15-19)20(24)28/h3-10,15H,11-14,16H2,1-2H3,(H2,24,28)(H,25,29). The van der Waals surface area contributed by atoms with Gasteiger partial charge in [-0.15, -0.1) is 0 Å². The molecule has 0 radical (unpaired) electrons. The zero-order valence-electron chi connectivity index (χ0n) is 17.0. The molecule has 0 atom stereocenters. The number of carbonyl (C=O) groups excluding carboxylic acids is 2. The second-order valence-corrected chi connectivity index (χ2v) is 8.50. The first-order valence-electron chi connectivity index (χ1n) is 10.1. The van der Waals surface area contributed by atoms with E-state index in [1.54, 1.807) is 23.1 Å². The summed E-state index contributed by atoms with van der Waals surface area (Å²) in [6, 6.07) is 17.5. The van der Waals surface area contributed by atoms with E-state index >= 15 is 0 Å². The molecule has 1 heterocycles. The molecule has 3 amide bonds. The van der Waals surface area contributed by atoms with Gasteiger partial charge in [0.15, 0.2) is 0 Å². The number of anilines is 1. The van der Waals surface area contributed by atoms with Crippen molar-refractivity contribution in [2.45, 2.75) is 36.8 Å². The highest BCUT2D eigenvalue weighted by Gasteiger charge is 2.50. The third-order valence-electron chi connectivity index (χ3n) is 6.72. The Kier molecular flexibility index (Phi) is 4.82. The number of urea groups is 1. The zero-order chi connectivity index (χ0) is 20.6. The molecule has 1 saturated carbocycles. The highest BCUT2D eigenvalue weighted by Crippen LogP contribution is 2.46. The van der Waals surface area contributed by atoms with Crippen molar-refractivity contribution >= 4 is 17.6 Å². The number of carbonyl (C=O) groups is 2. The SMILES string of the molecule is CN(C)C1(c2ccccc2)CCC2(CC1)CN(c1cccc(C(N)=O)c1)C(=O)N2. The maximum atomic E-state index is 12.8. The molecule has 3 N–H and O–H groups in total. The Labute approximate surface area is 171 Å². The van der Waals surface area contributed by atoms with Crippen LogP contribution in [-0.2, 0) is 5.54 Å². The van der Waals surface area contributed by atoms with Crippen molar-refractivity contribution in [3.8, 4) is 0 Å². The van der Waals surface area contributed by atoms with Crippen molar-refractivity contribution in [2.24, 2.45) is 5.73 Å². The van der Waals surface area contributed by atoms with Crippen molar-refractivity contribution < 1.29 is 9.59 Å². The van der Waals surface area contributed by atoms with Crippen LogP contribution in [0.3, 0.4) is 0 Å². The van der Waals surface area contributed by atoms with Crippen LogP contribution in [0.1, 0.15) is 41.6 Å². The Balaban J connectivity index is 1.55. The molecule has 1 spiro atoms. The van der Waals surface area contributed by atoms with Crippen LogP contribution in [0.5, 0.6) is 0 Å². The van der Waals surface area contributed by atoms with E-state index in [2.05, 4.69) is 48.6 Å². The van der Waals surface area contributed by atoms with Crippen LogP contribution in [0.15, 0.2) is 54.6 Å². The fraction of sp³-hybridized carbons (Fsp3) is 0.391. The van der Waals surface area contributed by atoms with Gasteiger partial charge >= 0.3 is 6.03 Å². The van der Waals surface area contributed by atoms with Crippen LogP contribution in [0.4, 0.5) is 10.5 Å². The van der Waals surface area contributed by atoms with Gasteiger partial charge in [0.1, 0.15) is 0 Å². The van der Waals surface area contributed by atoms with Gasteiger partial charge in [0.05, 0.1) is 12.1 Å². The van der Waals surface area contributed by atoms with Crippen molar-refractivity contribution in [1.82, 2.24) is 10.2 Å². The molecule has 152 valence electrons. The summed E-state index contributed by atoms with van der Waals surface area (Å²) in [6.07, 6.45) is 3.74. The topological polar surface area (TPSA) is 78.7 Å². The number of nitrogens with zero attached hydrogens (tertiary/aromatic N) is 2. The molecule has 6 nitrogen and oxygen atoms in total. The lowest BCUT2D eigenvalue weighted by Crippen LogP contribution is -2.54. The third-order valence-corrected chi connectivity index (χ3v) is 6.72. The molecule has 6 heteroatoms. The lowest BCUT2D eigenvalue weighted by Gasteiger charge is -2.48. The van der Waals surface area contributed by atoms with Gasteiger partial charge in [-0.2, -0.15) is 0 Å². The number of nitrogens with one attached hydrogen (secondary N) is 1. The van der Waals surface area contributed by atoms with Gasteiger partial charge in [0.2, 0.25) is 5.91 Å². The molecule has 0 bridgehead atoms. The van der Waals surface area contributed by atoms with Gasteiger partial charge in [-0.25, -0.2) is 4.79 Å². The third kappa shape index (κ3) is 3.38. The first-order chi connectivity index (χ1) is 13.9. The molecule has 2 aromatic carbocycles. The van der Waals surface area contributed by atoms with Crippen LogP contribution < -0.4 is 16.0 Å². The van der Waals surface area contributed by atoms with Gasteiger partial charge in [-0.05, 0) is 63.5 Å². The minimum atomic E-state index is -0.488. The first kappa shape index (κ1) is 19.5. The molecule has 2 fully saturated rings. The van der Waals surface area contributed by atoms with E-state index in [0.717, 1.165) is 25.7 Å². The number of amides is 3. The fourth-order valence-corrected chi connectivity index (χ4v) is 4.91. The molecule has 29 heavy (non-hydrogen) atoms. The first-order valence-corrected chi connectivity index (χ1v) is 10.1. The van der Waals surface area contributed by atoms with Gasteiger partial charge in [0, 0.05) is 16.8 Å². The van der Waals surface area contributed by atoms with E-state index in [1.807, 2.05) is 12.1 Å². The number of hydrogen-bond acceptors (Lipinski definition) is 3. The van der Waals surface area contributed by atoms with Gasteiger partial charge in [0.25, 0.3) is 0 Å². The summed E-state index contributed by atoms with van der Waals surface area (Å²) in [6.45, 7) is 0.604. The maximum Gasteiger partial charge on any atom is 0.322 e. The van der Waals surface area contributed by atoms with E-state index < -0.39 is 5.91 Å². The summed E-state index contributed by atoms with van der Waals surface area (Å²) in [5.74, 6) is -0.488. The number of hydrogen-bond donors (Lipinski definition) is 2. The molecule has 1 aliphatic carbocycles. The quantitative estimate of drug-likeness (QED) is 0.839. The summed E-state index contributed by atoms with van der Waals surface area (Å²) >= 11 is 0. The minimum absolute atomic E-state index is 0.0173. The number of nitrogens with two attached hydrogens (primary N) is 1. The minimum Gasteiger partial charge on any atom is -0.366 e. The van der Waals surface area contributed by atoms with Crippen molar-refractivity contribution in [3.05, 3.63) is 65.7 Å². The van der Waals surface area contributed by atoms with Gasteiger partial charge in [-0.1, -0.05) is 36.4 Å². The lowest BCUT2D eigenvalue weighted by molar-refractivity contribution is 0.0658. The molecule has 4 rings (SSSR count). The van der Waals surface area contributed by atoms with Crippen LogP contribution in [-0.4, -0.2) is 43.0 Å². The second-order valence-electron chi connectivity index (χ2n) is 8.50. The predicted octanol–water partition coefficient (Wildman–Crippen LogP) is 3.09. The average Bonchev–Trinajstić information content (AvgIpc) is 3.05. The Hall–Kier alpha value is -2.86. The smallest absolute Gasteiger partial charge is 0.322 e. The predicted molar refractivity (Wildman–Crippen MR) is 114 cm³/mol. The Morgan fingerprint density at radius 2 is 1.72 bits per heavy atom. The fourth-order valence-electron chi connectivity index (χ4n) is 4.91. The highest BCUT2D eigenvalue weighted by molar-refractivity contribution is 5.98. The van der Waals surface area contributed by atoms with Gasteiger partial charge < -0.3 is 11.1 Å². The highest BCUT2D eigenvalue weighted by atomic mass is 16.2. The van der Waals surface area contributed by atoms with Crippen LogP contribution >= 0.6 is 0 Å². The molecular weight excluding hydrogens is 364 g/mol. The van der Waals surface area contributed by atoms with Crippen molar-refractivity contribution in [3.63, 3.8) is 0 Å². The monoisotopic (exact) mass is 392 g/mol. The molecule has 0 unspecified atom stereocenters. The Morgan fingerprint density at radius 3 is 2.34 bits per heavy atom. The summed E-state index contributed by atoms with van der Waals surface area (Å²) in [7, 11) is 4.28. The lowest BCUT2D eigenvalue weighted by atomic mass is 9.69. The normalized spacial score (nSPS) is 26.7.